The molecule has 16 heavy (non-hydrogen) atoms. The molecular weight excluding hydrogens is 206 g/mol. The Morgan fingerprint density at radius 2 is 1.94 bits per heavy atom. The smallest absolute Gasteiger partial charge is 0.259 e. The number of hydrogen-bond acceptors (Lipinski definition) is 4. The molecular formula is C10H11N5O. The van der Waals surface area contributed by atoms with E-state index in [1.54, 1.807) is 13.8 Å². The standard InChI is InChI=1S/C10H11N5O/c1-7-9(8(2)14-13-7)10(16)15(5-3-11)6-4-12/h5-6H2,1-2H3,(H,13,14). The van der Waals surface area contributed by atoms with Gasteiger partial charge in [0.1, 0.15) is 13.1 Å². The molecule has 82 valence electrons. The lowest BCUT2D eigenvalue weighted by Gasteiger charge is -2.15. The van der Waals surface area contributed by atoms with Gasteiger partial charge >= 0.3 is 0 Å². The molecule has 0 aliphatic heterocycles. The first-order valence-corrected chi connectivity index (χ1v) is 4.66. The van der Waals surface area contributed by atoms with E-state index in [0.717, 1.165) is 0 Å². The first kappa shape index (κ1) is 11.7. The summed E-state index contributed by atoms with van der Waals surface area (Å²) in [6, 6.07) is 3.72. The maximum Gasteiger partial charge on any atom is 0.259 e. The number of carbonyl (C=O) groups excluding carboxylic acids is 1. The Labute approximate surface area is 93.1 Å². The molecule has 0 unspecified atom stereocenters. The van der Waals surface area contributed by atoms with Crippen LogP contribution in [0.25, 0.3) is 0 Å². The quantitative estimate of drug-likeness (QED) is 0.746. The molecule has 0 bridgehead atoms. The molecule has 1 aromatic rings. The molecule has 1 N–H and O–H groups in total. The normalized spacial score (nSPS) is 9.25. The Kier molecular flexibility index (Phi) is 3.62. The maximum atomic E-state index is 12.0. The first-order chi connectivity index (χ1) is 7.61. The number of carbonyl (C=O) groups is 1. The second-order valence-electron chi connectivity index (χ2n) is 3.29. The van der Waals surface area contributed by atoms with Gasteiger partial charge in [0.2, 0.25) is 0 Å². The van der Waals surface area contributed by atoms with Crippen LogP contribution >= 0.6 is 0 Å². The molecule has 0 aromatic carbocycles. The lowest BCUT2D eigenvalue weighted by atomic mass is 10.1. The van der Waals surface area contributed by atoms with Gasteiger partial charge in [-0.25, -0.2) is 0 Å². The molecule has 0 atom stereocenters. The Morgan fingerprint density at radius 1 is 1.38 bits per heavy atom. The van der Waals surface area contributed by atoms with Gasteiger partial charge < -0.3 is 4.90 Å². The minimum absolute atomic E-state index is 0.101. The second kappa shape index (κ2) is 4.94. The van der Waals surface area contributed by atoms with E-state index in [1.165, 1.54) is 4.90 Å². The molecule has 0 fully saturated rings. The molecule has 0 spiro atoms. The summed E-state index contributed by atoms with van der Waals surface area (Å²) in [6.45, 7) is 3.23. The summed E-state index contributed by atoms with van der Waals surface area (Å²) >= 11 is 0. The highest BCUT2D eigenvalue weighted by Gasteiger charge is 2.21. The van der Waals surface area contributed by atoms with Crippen molar-refractivity contribution in [3.8, 4) is 12.1 Å². The van der Waals surface area contributed by atoms with Gasteiger partial charge in [-0.15, -0.1) is 0 Å². The third-order valence-corrected chi connectivity index (χ3v) is 2.15. The number of rotatable bonds is 3. The monoisotopic (exact) mass is 217 g/mol. The van der Waals surface area contributed by atoms with Crippen molar-refractivity contribution in [3.63, 3.8) is 0 Å². The van der Waals surface area contributed by atoms with Crippen molar-refractivity contribution in [2.45, 2.75) is 13.8 Å². The van der Waals surface area contributed by atoms with Crippen LogP contribution in [0.5, 0.6) is 0 Å². The van der Waals surface area contributed by atoms with Crippen molar-refractivity contribution >= 4 is 5.91 Å². The van der Waals surface area contributed by atoms with Gasteiger partial charge in [-0.1, -0.05) is 0 Å². The maximum absolute atomic E-state index is 12.0. The van der Waals surface area contributed by atoms with Crippen molar-refractivity contribution in [2.75, 3.05) is 13.1 Å². The topological polar surface area (TPSA) is 96.6 Å². The fourth-order valence-electron chi connectivity index (χ4n) is 1.39. The summed E-state index contributed by atoms with van der Waals surface area (Å²) < 4.78 is 0. The zero-order valence-electron chi connectivity index (χ0n) is 9.11. The van der Waals surface area contributed by atoms with Gasteiger partial charge in [0, 0.05) is 5.69 Å². The third kappa shape index (κ3) is 2.18. The Hall–Kier alpha value is -2.34. The number of aromatic nitrogens is 2. The molecule has 1 amide bonds. The summed E-state index contributed by atoms with van der Waals surface area (Å²) in [5.41, 5.74) is 1.65. The van der Waals surface area contributed by atoms with Crippen LogP contribution in [0.1, 0.15) is 21.7 Å². The minimum atomic E-state index is -0.341. The second-order valence-corrected chi connectivity index (χ2v) is 3.29. The molecule has 1 rings (SSSR count). The SMILES string of the molecule is Cc1n[nH]c(C)c1C(=O)N(CC#N)CC#N. The van der Waals surface area contributed by atoms with E-state index in [1.807, 2.05) is 12.1 Å². The van der Waals surface area contributed by atoms with E-state index in [2.05, 4.69) is 10.2 Å². The minimum Gasteiger partial charge on any atom is -0.312 e. The summed E-state index contributed by atoms with van der Waals surface area (Å²) in [5, 5.41) is 23.7. The number of nitrogens with zero attached hydrogens (tertiary/aromatic N) is 4. The van der Waals surface area contributed by atoms with E-state index in [0.29, 0.717) is 17.0 Å². The van der Waals surface area contributed by atoms with E-state index >= 15 is 0 Å². The van der Waals surface area contributed by atoms with Gasteiger partial charge in [-0.2, -0.15) is 15.6 Å². The van der Waals surface area contributed by atoms with Crippen molar-refractivity contribution in [2.24, 2.45) is 0 Å². The number of H-pyrrole nitrogens is 1. The van der Waals surface area contributed by atoms with Crippen LogP contribution in [0.4, 0.5) is 0 Å². The fourth-order valence-corrected chi connectivity index (χ4v) is 1.39. The Morgan fingerprint density at radius 3 is 2.31 bits per heavy atom. The zero-order valence-corrected chi connectivity index (χ0v) is 9.11. The van der Waals surface area contributed by atoms with E-state index < -0.39 is 0 Å². The van der Waals surface area contributed by atoms with Gasteiger partial charge in [0.15, 0.2) is 0 Å². The van der Waals surface area contributed by atoms with Gasteiger partial charge in [-0.3, -0.25) is 9.89 Å². The lowest BCUT2D eigenvalue weighted by Crippen LogP contribution is -2.32. The Balaban J connectivity index is 3.01. The predicted molar refractivity (Wildman–Crippen MR) is 55.2 cm³/mol. The van der Waals surface area contributed by atoms with Crippen LogP contribution < -0.4 is 0 Å². The van der Waals surface area contributed by atoms with Crippen LogP contribution in [0.3, 0.4) is 0 Å². The number of aromatic amines is 1. The summed E-state index contributed by atoms with van der Waals surface area (Å²) in [6.07, 6.45) is 0. The first-order valence-electron chi connectivity index (χ1n) is 4.66. The molecule has 0 saturated carbocycles. The highest BCUT2D eigenvalue weighted by molar-refractivity contribution is 5.96. The summed E-state index contributed by atoms with van der Waals surface area (Å²) in [4.78, 5) is 13.2. The predicted octanol–water partition coefficient (Wildman–Crippen LogP) is 0.516. The highest BCUT2D eigenvalue weighted by atomic mass is 16.2. The van der Waals surface area contributed by atoms with Crippen LogP contribution in [0.15, 0.2) is 0 Å². The molecule has 0 radical (unpaired) electrons. The number of nitrogens with one attached hydrogen (secondary N) is 1. The third-order valence-electron chi connectivity index (χ3n) is 2.15. The van der Waals surface area contributed by atoms with Crippen molar-refractivity contribution in [3.05, 3.63) is 17.0 Å². The summed E-state index contributed by atoms with van der Waals surface area (Å²) in [5.74, 6) is -0.341. The lowest BCUT2D eigenvalue weighted by molar-refractivity contribution is 0.0793. The number of aryl methyl sites for hydroxylation is 2. The van der Waals surface area contributed by atoms with Gasteiger partial charge in [-0.05, 0) is 13.8 Å². The van der Waals surface area contributed by atoms with Gasteiger partial charge in [0.05, 0.1) is 23.4 Å². The van der Waals surface area contributed by atoms with Crippen molar-refractivity contribution in [1.29, 1.82) is 10.5 Å². The van der Waals surface area contributed by atoms with Crippen LogP contribution in [0, 0.1) is 36.5 Å². The molecule has 6 heteroatoms. The Bertz CT molecular complexity index is 441. The van der Waals surface area contributed by atoms with E-state index in [-0.39, 0.29) is 19.0 Å². The molecule has 1 heterocycles. The largest absolute Gasteiger partial charge is 0.312 e. The van der Waals surface area contributed by atoms with Crippen LogP contribution in [-0.2, 0) is 0 Å². The average molecular weight is 217 g/mol. The van der Waals surface area contributed by atoms with E-state index in [4.69, 9.17) is 10.5 Å². The van der Waals surface area contributed by atoms with E-state index in [9.17, 15) is 4.79 Å². The zero-order chi connectivity index (χ0) is 12.1. The fraction of sp³-hybridized carbons (Fsp3) is 0.400. The summed E-state index contributed by atoms with van der Waals surface area (Å²) in [7, 11) is 0. The van der Waals surface area contributed by atoms with Crippen molar-refractivity contribution < 1.29 is 4.79 Å². The van der Waals surface area contributed by atoms with Gasteiger partial charge in [0.25, 0.3) is 5.91 Å². The van der Waals surface area contributed by atoms with Crippen LogP contribution in [0.2, 0.25) is 0 Å². The molecule has 0 aliphatic carbocycles. The number of amides is 1. The molecule has 0 saturated heterocycles. The molecule has 6 nitrogen and oxygen atoms in total. The molecule has 0 aliphatic rings. The highest BCUT2D eigenvalue weighted by Crippen LogP contribution is 2.12. The number of hydrogen-bond donors (Lipinski definition) is 1. The van der Waals surface area contributed by atoms with Crippen molar-refractivity contribution in [1.82, 2.24) is 15.1 Å². The average Bonchev–Trinajstić information content (AvgIpc) is 2.57. The van der Waals surface area contributed by atoms with Crippen LogP contribution in [-0.4, -0.2) is 34.1 Å². The number of nitriles is 2. The molecule has 1 aromatic heterocycles.